The highest BCUT2D eigenvalue weighted by molar-refractivity contribution is 7.89. The van der Waals surface area contributed by atoms with E-state index >= 15 is 0 Å². The fraction of sp³-hybridized carbons (Fsp3) is 0.167. The lowest BCUT2D eigenvalue weighted by molar-refractivity contribution is 0.0698. The van der Waals surface area contributed by atoms with Crippen LogP contribution in [0.4, 0.5) is 0 Å². The van der Waals surface area contributed by atoms with Crippen LogP contribution in [-0.4, -0.2) is 59.3 Å². The number of halogens is 2. The van der Waals surface area contributed by atoms with Crippen LogP contribution in [0.15, 0.2) is 78.0 Å². The number of carbonyl (C=O) groups is 1. The molecule has 5 rings (SSSR count). The molecule has 1 amide bonds. The van der Waals surface area contributed by atoms with E-state index < -0.39 is 10.0 Å². The lowest BCUT2D eigenvalue weighted by Gasteiger charge is -2.34. The summed E-state index contributed by atoms with van der Waals surface area (Å²) in [5.74, 6) is -0.139. The fourth-order valence-corrected chi connectivity index (χ4v) is 6.22. The average molecular weight is 515 g/mol. The predicted molar refractivity (Wildman–Crippen MR) is 132 cm³/mol. The largest absolute Gasteiger partial charge is 0.336 e. The Hall–Kier alpha value is -2.91. The van der Waals surface area contributed by atoms with Crippen molar-refractivity contribution in [3.05, 3.63) is 88.7 Å². The van der Waals surface area contributed by atoms with Gasteiger partial charge in [0.05, 0.1) is 21.1 Å². The van der Waals surface area contributed by atoms with Crippen molar-refractivity contribution >= 4 is 50.2 Å². The summed E-state index contributed by atoms with van der Waals surface area (Å²) in [7, 11) is -3.81. The van der Waals surface area contributed by atoms with Gasteiger partial charge >= 0.3 is 0 Å². The second kappa shape index (κ2) is 9.03. The Labute approximate surface area is 207 Å². The molecule has 2 heterocycles. The van der Waals surface area contributed by atoms with Gasteiger partial charge in [-0.15, -0.1) is 0 Å². The Balaban J connectivity index is 1.28. The molecule has 3 aromatic carbocycles. The first-order valence-corrected chi connectivity index (χ1v) is 12.8. The molecule has 0 spiro atoms. The van der Waals surface area contributed by atoms with Crippen molar-refractivity contribution in [1.29, 1.82) is 0 Å². The third-order valence-electron chi connectivity index (χ3n) is 5.91. The van der Waals surface area contributed by atoms with Gasteiger partial charge in [0.15, 0.2) is 0 Å². The van der Waals surface area contributed by atoms with Gasteiger partial charge in [-0.25, -0.2) is 13.4 Å². The van der Waals surface area contributed by atoms with Crippen LogP contribution in [0.25, 0.3) is 16.7 Å². The van der Waals surface area contributed by atoms with E-state index in [1.54, 1.807) is 35.5 Å². The topological polar surface area (TPSA) is 75.5 Å². The summed E-state index contributed by atoms with van der Waals surface area (Å²) in [4.78, 5) is 19.1. The van der Waals surface area contributed by atoms with Gasteiger partial charge in [0, 0.05) is 37.4 Å². The number of carbonyl (C=O) groups excluding carboxylic acids is 1. The maximum Gasteiger partial charge on any atom is 0.253 e. The highest BCUT2D eigenvalue weighted by Gasteiger charge is 2.32. The Morgan fingerprint density at radius 2 is 1.56 bits per heavy atom. The molecule has 0 N–H and O–H groups in total. The molecule has 1 saturated heterocycles. The van der Waals surface area contributed by atoms with Crippen molar-refractivity contribution in [3.63, 3.8) is 0 Å². The second-order valence-corrected chi connectivity index (χ2v) is 10.6. The zero-order chi connectivity index (χ0) is 23.9. The van der Waals surface area contributed by atoms with Crippen LogP contribution >= 0.6 is 23.2 Å². The van der Waals surface area contributed by atoms with E-state index in [0.29, 0.717) is 5.56 Å². The molecule has 10 heteroatoms. The molecule has 0 atom stereocenters. The van der Waals surface area contributed by atoms with Crippen LogP contribution in [0.5, 0.6) is 0 Å². The average Bonchev–Trinajstić information content (AvgIpc) is 3.29. The monoisotopic (exact) mass is 514 g/mol. The third kappa shape index (κ3) is 4.07. The number of sulfonamides is 1. The minimum absolute atomic E-state index is 0.00781. The Morgan fingerprint density at radius 1 is 0.853 bits per heavy atom. The molecule has 34 heavy (non-hydrogen) atoms. The molecule has 0 saturated carbocycles. The van der Waals surface area contributed by atoms with E-state index in [1.165, 1.54) is 10.4 Å². The minimum Gasteiger partial charge on any atom is -0.336 e. The summed E-state index contributed by atoms with van der Waals surface area (Å²) in [6.07, 6.45) is 1.76. The van der Waals surface area contributed by atoms with E-state index in [-0.39, 0.29) is 47.0 Å². The zero-order valence-electron chi connectivity index (χ0n) is 17.9. The SMILES string of the molecule is O=C(c1ccc(-n2cnc3ccccc32)cc1)N1CCN(S(=O)(=O)c2cccc(Cl)c2Cl)CC1. The molecule has 4 aromatic rings. The summed E-state index contributed by atoms with van der Waals surface area (Å²) in [5.41, 5.74) is 3.33. The number of rotatable bonds is 4. The van der Waals surface area contributed by atoms with Crippen LogP contribution in [0.1, 0.15) is 10.4 Å². The number of para-hydroxylation sites is 2. The van der Waals surface area contributed by atoms with Crippen LogP contribution in [0, 0.1) is 0 Å². The van der Waals surface area contributed by atoms with E-state index in [9.17, 15) is 13.2 Å². The van der Waals surface area contributed by atoms with Crippen molar-refractivity contribution in [3.8, 4) is 5.69 Å². The van der Waals surface area contributed by atoms with Gasteiger partial charge in [0.1, 0.15) is 11.2 Å². The van der Waals surface area contributed by atoms with Gasteiger partial charge in [0.25, 0.3) is 5.91 Å². The van der Waals surface area contributed by atoms with Crippen molar-refractivity contribution in [2.75, 3.05) is 26.2 Å². The van der Waals surface area contributed by atoms with Gasteiger partial charge in [-0.1, -0.05) is 41.4 Å². The van der Waals surface area contributed by atoms with Gasteiger partial charge < -0.3 is 4.90 Å². The molecule has 1 fully saturated rings. The molecule has 0 aliphatic carbocycles. The normalized spacial score (nSPS) is 15.1. The number of imidazole rings is 1. The van der Waals surface area contributed by atoms with Crippen molar-refractivity contribution in [1.82, 2.24) is 18.8 Å². The number of hydrogen-bond acceptors (Lipinski definition) is 4. The first-order chi connectivity index (χ1) is 16.4. The Kier molecular flexibility index (Phi) is 6.07. The Bertz CT molecular complexity index is 1480. The summed E-state index contributed by atoms with van der Waals surface area (Å²) >= 11 is 12.1. The van der Waals surface area contributed by atoms with Crippen LogP contribution in [-0.2, 0) is 10.0 Å². The molecule has 1 aromatic heterocycles. The van der Waals surface area contributed by atoms with Crippen molar-refractivity contribution < 1.29 is 13.2 Å². The molecule has 1 aliphatic rings. The summed E-state index contributed by atoms with van der Waals surface area (Å²) in [6, 6.07) is 19.7. The zero-order valence-corrected chi connectivity index (χ0v) is 20.3. The number of benzene rings is 3. The molecule has 174 valence electrons. The van der Waals surface area contributed by atoms with Crippen LogP contribution < -0.4 is 0 Å². The number of aromatic nitrogens is 2. The number of amides is 1. The van der Waals surface area contributed by atoms with Gasteiger partial charge in [0.2, 0.25) is 10.0 Å². The minimum atomic E-state index is -3.81. The number of fused-ring (bicyclic) bond motifs is 1. The first kappa shape index (κ1) is 22.9. The predicted octanol–water partition coefficient (Wildman–Crippen LogP) is 4.48. The van der Waals surface area contributed by atoms with Crippen molar-refractivity contribution in [2.45, 2.75) is 4.90 Å². The highest BCUT2D eigenvalue weighted by Crippen LogP contribution is 2.31. The molecular weight excluding hydrogens is 495 g/mol. The van der Waals surface area contributed by atoms with Gasteiger partial charge in [-0.05, 0) is 48.5 Å². The van der Waals surface area contributed by atoms with E-state index in [1.807, 2.05) is 41.0 Å². The molecule has 0 bridgehead atoms. The summed E-state index contributed by atoms with van der Waals surface area (Å²) < 4.78 is 29.3. The molecule has 0 unspecified atom stereocenters. The van der Waals surface area contributed by atoms with Gasteiger partial charge in [-0.3, -0.25) is 9.36 Å². The lowest BCUT2D eigenvalue weighted by atomic mass is 10.1. The number of nitrogens with zero attached hydrogens (tertiary/aromatic N) is 4. The standard InChI is InChI=1S/C24H20Cl2N4O3S/c25-19-4-3-7-22(23(19)26)34(32,33)29-14-12-28(13-15-29)24(31)17-8-10-18(11-9-17)30-16-27-20-5-1-2-6-21(20)30/h1-11,16H,12-15H2. The fourth-order valence-electron chi connectivity index (χ4n) is 4.07. The van der Waals surface area contributed by atoms with Crippen LogP contribution in [0.3, 0.4) is 0 Å². The highest BCUT2D eigenvalue weighted by atomic mass is 35.5. The summed E-state index contributed by atoms with van der Waals surface area (Å²) in [5, 5.41) is 0.192. The van der Waals surface area contributed by atoms with Gasteiger partial charge in [-0.2, -0.15) is 4.31 Å². The maximum absolute atomic E-state index is 13.0. The number of piperazine rings is 1. The molecule has 1 aliphatic heterocycles. The van der Waals surface area contributed by atoms with E-state index in [0.717, 1.165) is 16.7 Å². The third-order valence-corrected chi connectivity index (χ3v) is 8.78. The molecular formula is C24H20Cl2N4O3S. The lowest BCUT2D eigenvalue weighted by Crippen LogP contribution is -2.50. The smallest absolute Gasteiger partial charge is 0.253 e. The molecule has 7 nitrogen and oxygen atoms in total. The summed E-state index contributed by atoms with van der Waals surface area (Å²) in [6.45, 7) is 0.917. The molecule has 0 radical (unpaired) electrons. The van der Waals surface area contributed by atoms with Crippen molar-refractivity contribution in [2.24, 2.45) is 0 Å². The quantitative estimate of drug-likeness (QED) is 0.402. The number of hydrogen-bond donors (Lipinski definition) is 0. The van der Waals surface area contributed by atoms with E-state index in [4.69, 9.17) is 23.2 Å². The second-order valence-electron chi connectivity index (χ2n) is 7.90. The van der Waals surface area contributed by atoms with Crippen LogP contribution in [0.2, 0.25) is 10.0 Å². The van der Waals surface area contributed by atoms with E-state index in [2.05, 4.69) is 4.98 Å². The first-order valence-electron chi connectivity index (χ1n) is 10.6. The maximum atomic E-state index is 13.0. The Morgan fingerprint density at radius 3 is 2.29 bits per heavy atom.